The second-order valence-electron chi connectivity index (χ2n) is 6.46. The first kappa shape index (κ1) is 18.7. The molecule has 1 atom stereocenters. The van der Waals surface area contributed by atoms with Crippen LogP contribution in [0, 0.1) is 0 Å². The van der Waals surface area contributed by atoms with Crippen molar-refractivity contribution in [3.8, 4) is 0 Å². The Morgan fingerprint density at radius 3 is 2.89 bits per heavy atom. The van der Waals surface area contributed by atoms with E-state index in [1.807, 2.05) is 48.2 Å². The summed E-state index contributed by atoms with van der Waals surface area (Å²) in [7, 11) is 1.91. The van der Waals surface area contributed by atoms with Crippen molar-refractivity contribution in [3.63, 3.8) is 0 Å². The number of para-hydroxylation sites is 2. The zero-order valence-corrected chi connectivity index (χ0v) is 17.1. The van der Waals surface area contributed by atoms with Gasteiger partial charge >= 0.3 is 0 Å². The number of anilines is 2. The number of nitrogens with one attached hydrogen (secondary N) is 1. The van der Waals surface area contributed by atoms with Crippen molar-refractivity contribution in [2.24, 2.45) is 7.05 Å². The van der Waals surface area contributed by atoms with Gasteiger partial charge in [0.15, 0.2) is 5.16 Å². The second-order valence-corrected chi connectivity index (χ2v) is 8.80. The van der Waals surface area contributed by atoms with E-state index in [1.54, 1.807) is 17.4 Å². The van der Waals surface area contributed by atoms with Crippen LogP contribution in [-0.4, -0.2) is 38.4 Å². The minimum atomic E-state index is -0.406. The van der Waals surface area contributed by atoms with Crippen LogP contribution >= 0.6 is 23.1 Å². The third-order valence-corrected chi connectivity index (χ3v) is 6.50. The summed E-state index contributed by atoms with van der Waals surface area (Å²) in [5.74, 6) is 0.531. The topological polar surface area (TPSA) is 80.1 Å². The molecule has 1 aromatic carbocycles. The summed E-state index contributed by atoms with van der Waals surface area (Å²) in [6.07, 6.45) is 0.712. The lowest BCUT2D eigenvalue weighted by Gasteiger charge is -2.30. The van der Waals surface area contributed by atoms with Gasteiger partial charge in [-0.1, -0.05) is 30.0 Å². The van der Waals surface area contributed by atoms with Crippen LogP contribution < -0.4 is 10.2 Å². The predicted octanol–water partition coefficient (Wildman–Crippen LogP) is 2.93. The molecule has 4 rings (SSSR count). The molecule has 2 amide bonds. The Labute approximate surface area is 170 Å². The highest BCUT2D eigenvalue weighted by Crippen LogP contribution is 2.32. The number of hydrogen-bond acceptors (Lipinski definition) is 6. The average molecular weight is 414 g/mol. The molecular formula is C19H19N5O2S2. The van der Waals surface area contributed by atoms with Crippen LogP contribution in [0.4, 0.5) is 11.4 Å². The molecule has 0 unspecified atom stereocenters. The molecule has 0 saturated heterocycles. The number of rotatable bonds is 5. The molecule has 1 N–H and O–H groups in total. The van der Waals surface area contributed by atoms with Crippen molar-refractivity contribution in [1.82, 2.24) is 14.8 Å². The van der Waals surface area contributed by atoms with Gasteiger partial charge in [-0.15, -0.1) is 21.5 Å². The highest BCUT2D eigenvalue weighted by atomic mass is 32.2. The number of nitrogens with zero attached hydrogens (tertiary/aromatic N) is 4. The molecule has 3 heterocycles. The Kier molecular flexibility index (Phi) is 5.19. The van der Waals surface area contributed by atoms with E-state index in [2.05, 4.69) is 21.6 Å². The Bertz CT molecular complexity index is 1020. The largest absolute Gasteiger partial charge is 0.323 e. The van der Waals surface area contributed by atoms with Gasteiger partial charge in [0, 0.05) is 18.3 Å². The van der Waals surface area contributed by atoms with Gasteiger partial charge in [0.2, 0.25) is 11.8 Å². The van der Waals surface area contributed by atoms with Gasteiger partial charge in [-0.2, -0.15) is 0 Å². The third-order valence-electron chi connectivity index (χ3n) is 4.50. The number of amides is 2. The molecule has 0 saturated carbocycles. The Hall–Kier alpha value is -2.65. The molecule has 0 spiro atoms. The maximum Gasteiger partial charge on any atom is 0.244 e. The highest BCUT2D eigenvalue weighted by molar-refractivity contribution is 8.00. The van der Waals surface area contributed by atoms with E-state index >= 15 is 0 Å². The van der Waals surface area contributed by atoms with Gasteiger partial charge in [0.1, 0.15) is 12.4 Å². The fourth-order valence-corrected chi connectivity index (χ4v) is 4.63. The number of thiophene rings is 1. The zero-order chi connectivity index (χ0) is 19.7. The van der Waals surface area contributed by atoms with Crippen LogP contribution in [0.5, 0.6) is 0 Å². The SMILES string of the molecule is C[C@@H](Sc1nnc(Cc2cccs2)n1C)C(=O)N1CC(=O)Nc2ccccc21. The van der Waals surface area contributed by atoms with Crippen LogP contribution in [-0.2, 0) is 23.1 Å². The van der Waals surface area contributed by atoms with E-state index in [0.29, 0.717) is 17.3 Å². The van der Waals surface area contributed by atoms with E-state index in [0.717, 1.165) is 11.5 Å². The van der Waals surface area contributed by atoms with Crippen molar-refractivity contribution in [2.45, 2.75) is 23.8 Å². The fraction of sp³-hybridized carbons (Fsp3) is 0.263. The summed E-state index contributed by atoms with van der Waals surface area (Å²) in [5.41, 5.74) is 1.37. The van der Waals surface area contributed by atoms with E-state index in [-0.39, 0.29) is 18.4 Å². The molecular weight excluding hydrogens is 394 g/mol. The van der Waals surface area contributed by atoms with Crippen LogP contribution in [0.15, 0.2) is 46.9 Å². The smallest absolute Gasteiger partial charge is 0.244 e. The molecule has 1 aliphatic heterocycles. The minimum absolute atomic E-state index is 0.0171. The Balaban J connectivity index is 1.50. The second kappa shape index (κ2) is 7.76. The van der Waals surface area contributed by atoms with Gasteiger partial charge in [0.25, 0.3) is 0 Å². The summed E-state index contributed by atoms with van der Waals surface area (Å²) >= 11 is 3.03. The summed E-state index contributed by atoms with van der Waals surface area (Å²) in [6.45, 7) is 1.85. The number of thioether (sulfide) groups is 1. The van der Waals surface area contributed by atoms with Crippen molar-refractivity contribution in [2.75, 3.05) is 16.8 Å². The van der Waals surface area contributed by atoms with Crippen molar-refractivity contribution in [3.05, 3.63) is 52.5 Å². The van der Waals surface area contributed by atoms with Crippen LogP contribution in [0.1, 0.15) is 17.6 Å². The zero-order valence-electron chi connectivity index (χ0n) is 15.5. The first-order chi connectivity index (χ1) is 13.5. The van der Waals surface area contributed by atoms with E-state index in [4.69, 9.17) is 0 Å². The lowest BCUT2D eigenvalue weighted by atomic mass is 10.2. The molecule has 0 bridgehead atoms. The van der Waals surface area contributed by atoms with Gasteiger partial charge in [-0.25, -0.2) is 0 Å². The normalized spacial score (nSPS) is 14.5. The molecule has 1 aliphatic rings. The molecule has 144 valence electrons. The molecule has 0 aliphatic carbocycles. The highest BCUT2D eigenvalue weighted by Gasteiger charge is 2.30. The average Bonchev–Trinajstić information content (AvgIpc) is 3.32. The van der Waals surface area contributed by atoms with E-state index < -0.39 is 5.25 Å². The molecule has 3 aromatic rings. The first-order valence-corrected chi connectivity index (χ1v) is 10.6. The molecule has 2 aromatic heterocycles. The summed E-state index contributed by atoms with van der Waals surface area (Å²) in [6, 6.07) is 11.4. The summed E-state index contributed by atoms with van der Waals surface area (Å²) < 4.78 is 1.92. The number of benzene rings is 1. The van der Waals surface area contributed by atoms with Gasteiger partial charge < -0.3 is 9.88 Å². The summed E-state index contributed by atoms with van der Waals surface area (Å²) in [4.78, 5) is 27.8. The number of carbonyl (C=O) groups excluding carboxylic acids is 2. The van der Waals surface area contributed by atoms with E-state index in [9.17, 15) is 9.59 Å². The lowest BCUT2D eigenvalue weighted by Crippen LogP contribution is -2.45. The monoisotopic (exact) mass is 413 g/mol. The lowest BCUT2D eigenvalue weighted by molar-refractivity contribution is -0.121. The van der Waals surface area contributed by atoms with Crippen LogP contribution in [0.3, 0.4) is 0 Å². The Morgan fingerprint density at radius 1 is 1.29 bits per heavy atom. The minimum Gasteiger partial charge on any atom is -0.323 e. The Morgan fingerprint density at radius 2 is 2.11 bits per heavy atom. The summed E-state index contributed by atoms with van der Waals surface area (Å²) in [5, 5.41) is 13.6. The van der Waals surface area contributed by atoms with Gasteiger partial charge in [-0.05, 0) is 30.5 Å². The van der Waals surface area contributed by atoms with Crippen LogP contribution in [0.25, 0.3) is 0 Å². The van der Waals surface area contributed by atoms with E-state index in [1.165, 1.54) is 21.5 Å². The quantitative estimate of drug-likeness (QED) is 0.651. The maximum atomic E-state index is 13.1. The number of carbonyl (C=O) groups is 2. The molecule has 0 fully saturated rings. The fourth-order valence-electron chi connectivity index (χ4n) is 3.03. The molecule has 0 radical (unpaired) electrons. The molecule has 28 heavy (non-hydrogen) atoms. The third kappa shape index (κ3) is 3.67. The van der Waals surface area contributed by atoms with Gasteiger partial charge in [0.05, 0.1) is 16.6 Å². The maximum absolute atomic E-state index is 13.1. The number of fused-ring (bicyclic) bond motifs is 1. The number of aromatic nitrogens is 3. The van der Waals surface area contributed by atoms with Crippen molar-refractivity contribution in [1.29, 1.82) is 0 Å². The van der Waals surface area contributed by atoms with Crippen molar-refractivity contribution >= 4 is 46.3 Å². The van der Waals surface area contributed by atoms with Crippen LogP contribution in [0.2, 0.25) is 0 Å². The predicted molar refractivity (Wildman–Crippen MR) is 111 cm³/mol. The number of hydrogen-bond donors (Lipinski definition) is 1. The molecule has 9 heteroatoms. The molecule has 7 nitrogen and oxygen atoms in total. The first-order valence-electron chi connectivity index (χ1n) is 8.80. The van der Waals surface area contributed by atoms with Gasteiger partial charge in [-0.3, -0.25) is 14.5 Å². The van der Waals surface area contributed by atoms with Crippen molar-refractivity contribution < 1.29 is 9.59 Å². The standard InChI is InChI=1S/C19H19N5O2S2/c1-12(18(26)24-11-17(25)20-14-7-3-4-8-15(14)24)28-19-22-21-16(23(19)2)10-13-6-5-9-27-13/h3-9,12H,10-11H2,1-2H3,(H,20,25)/t12-/m1/s1.